The molecule has 0 spiro atoms. The lowest BCUT2D eigenvalue weighted by Crippen LogP contribution is -2.52. The van der Waals surface area contributed by atoms with E-state index in [1.54, 1.807) is 29.3 Å². The van der Waals surface area contributed by atoms with Crippen molar-refractivity contribution >= 4 is 5.91 Å². The van der Waals surface area contributed by atoms with Crippen LogP contribution in [0.4, 0.5) is 26.3 Å². The van der Waals surface area contributed by atoms with Crippen molar-refractivity contribution in [2.24, 2.45) is 0 Å². The topological polar surface area (TPSA) is 50.8 Å². The maximum Gasteiger partial charge on any atom is 0.416 e. The Bertz CT molecular complexity index is 1230. The summed E-state index contributed by atoms with van der Waals surface area (Å²) in [7, 11) is 0. The van der Waals surface area contributed by atoms with Gasteiger partial charge in [0.25, 0.3) is 5.91 Å². The number of nitrogens with one attached hydrogen (secondary N) is 1. The predicted octanol–water partition coefficient (Wildman–Crippen LogP) is 6.38. The highest BCUT2D eigenvalue weighted by Crippen LogP contribution is 2.38. The molecule has 1 heterocycles. The highest BCUT2D eigenvalue weighted by molar-refractivity contribution is 5.77. The second kappa shape index (κ2) is 12.3. The summed E-state index contributed by atoms with van der Waals surface area (Å²) in [5.74, 6) is 0.247. The van der Waals surface area contributed by atoms with Crippen molar-refractivity contribution in [3.05, 3.63) is 101 Å². The predicted molar refractivity (Wildman–Crippen MR) is 135 cm³/mol. The first kappa shape index (κ1) is 29.4. The SMILES string of the molecule is O=C(COc1ccccc1)NN1CCC(COCc2cc(C(F)(F)F)cc(C(F)(F)F)c2)(c2ccccc2)CC1. The van der Waals surface area contributed by atoms with Crippen LogP contribution in [0, 0.1) is 0 Å². The van der Waals surface area contributed by atoms with E-state index in [-0.39, 0.29) is 30.8 Å². The van der Waals surface area contributed by atoms with Crippen molar-refractivity contribution in [1.29, 1.82) is 0 Å². The first-order valence-corrected chi connectivity index (χ1v) is 12.6. The number of benzene rings is 3. The van der Waals surface area contributed by atoms with Gasteiger partial charge in [-0.25, -0.2) is 5.01 Å². The van der Waals surface area contributed by atoms with E-state index in [1.165, 1.54) is 0 Å². The van der Waals surface area contributed by atoms with Crippen LogP contribution in [0.5, 0.6) is 5.75 Å². The molecule has 1 aliphatic rings. The number of alkyl halides is 6. The monoisotopic (exact) mass is 566 g/mol. The Hall–Kier alpha value is -3.57. The maximum atomic E-state index is 13.2. The van der Waals surface area contributed by atoms with Crippen molar-refractivity contribution in [2.75, 3.05) is 26.3 Å². The Morgan fingerprint density at radius 3 is 1.93 bits per heavy atom. The Morgan fingerprint density at radius 1 is 0.825 bits per heavy atom. The van der Waals surface area contributed by atoms with Crippen LogP contribution in [0.15, 0.2) is 78.9 Å². The quantitative estimate of drug-likeness (QED) is 0.305. The highest BCUT2D eigenvalue weighted by Gasteiger charge is 2.38. The van der Waals surface area contributed by atoms with Crippen LogP contribution >= 0.6 is 0 Å². The largest absolute Gasteiger partial charge is 0.484 e. The lowest BCUT2D eigenvalue weighted by molar-refractivity contribution is -0.143. The molecule has 0 unspecified atom stereocenters. The number of hydrogen-bond donors (Lipinski definition) is 1. The van der Waals surface area contributed by atoms with Gasteiger partial charge in [0, 0.05) is 18.5 Å². The van der Waals surface area contributed by atoms with Crippen LogP contribution in [-0.2, 0) is 33.9 Å². The summed E-state index contributed by atoms with van der Waals surface area (Å²) < 4.78 is 90.7. The summed E-state index contributed by atoms with van der Waals surface area (Å²) in [6.07, 6.45) is -8.78. The molecule has 0 aromatic heterocycles. The number of hydrazine groups is 1. The molecule has 0 aliphatic carbocycles. The van der Waals surface area contributed by atoms with Gasteiger partial charge in [-0.15, -0.1) is 0 Å². The Labute approximate surface area is 227 Å². The minimum absolute atomic E-state index is 0.0769. The molecular formula is C29H28F6N2O3. The van der Waals surface area contributed by atoms with E-state index in [9.17, 15) is 31.1 Å². The standard InChI is InChI=1S/C29H28F6N2O3/c30-28(31,32)23-15-21(16-24(17-23)29(33,34)35)18-39-20-27(22-7-3-1-4-8-22)11-13-37(14-12-27)36-26(38)19-40-25-9-5-2-6-10-25/h1-10,15-17H,11-14,18-20H2,(H,36,38). The van der Waals surface area contributed by atoms with E-state index in [0.717, 1.165) is 5.56 Å². The Kier molecular flexibility index (Phi) is 9.05. The highest BCUT2D eigenvalue weighted by atomic mass is 19.4. The fraction of sp³-hybridized carbons (Fsp3) is 0.345. The molecule has 214 valence electrons. The van der Waals surface area contributed by atoms with E-state index in [2.05, 4.69) is 5.43 Å². The number of ether oxygens (including phenoxy) is 2. The summed E-state index contributed by atoms with van der Waals surface area (Å²) in [6.45, 7) is 0.408. The Balaban J connectivity index is 1.40. The third kappa shape index (κ3) is 7.76. The van der Waals surface area contributed by atoms with Crippen LogP contribution in [0.2, 0.25) is 0 Å². The summed E-state index contributed by atoms with van der Waals surface area (Å²) >= 11 is 0. The molecule has 1 fully saturated rings. The molecule has 0 radical (unpaired) electrons. The van der Waals surface area contributed by atoms with Crippen LogP contribution in [0.1, 0.15) is 35.1 Å². The number of carbonyl (C=O) groups excluding carboxylic acids is 1. The Morgan fingerprint density at radius 2 is 1.38 bits per heavy atom. The van der Waals surface area contributed by atoms with Crippen molar-refractivity contribution in [3.8, 4) is 5.75 Å². The fourth-order valence-corrected chi connectivity index (χ4v) is 4.70. The van der Waals surface area contributed by atoms with Crippen LogP contribution in [0.25, 0.3) is 0 Å². The molecule has 3 aromatic carbocycles. The maximum absolute atomic E-state index is 13.2. The van der Waals surface area contributed by atoms with E-state index < -0.39 is 35.5 Å². The van der Waals surface area contributed by atoms with E-state index in [4.69, 9.17) is 9.47 Å². The van der Waals surface area contributed by atoms with Gasteiger partial charge in [0.2, 0.25) is 0 Å². The molecule has 40 heavy (non-hydrogen) atoms. The number of amides is 1. The first-order valence-electron chi connectivity index (χ1n) is 12.6. The van der Waals surface area contributed by atoms with Gasteiger partial charge < -0.3 is 9.47 Å². The van der Waals surface area contributed by atoms with Gasteiger partial charge in [-0.3, -0.25) is 10.2 Å². The fourth-order valence-electron chi connectivity index (χ4n) is 4.70. The molecular weight excluding hydrogens is 538 g/mol. The number of nitrogens with zero attached hydrogens (tertiary/aromatic N) is 1. The average molecular weight is 567 g/mol. The summed E-state index contributed by atoms with van der Waals surface area (Å²) in [5.41, 5.74) is 0.244. The average Bonchev–Trinajstić information content (AvgIpc) is 2.93. The van der Waals surface area contributed by atoms with Gasteiger partial charge in [0.1, 0.15) is 5.75 Å². The molecule has 1 aliphatic heterocycles. The number of carbonyl (C=O) groups is 1. The first-order chi connectivity index (χ1) is 18.9. The minimum atomic E-state index is -4.93. The van der Waals surface area contributed by atoms with E-state index in [1.807, 2.05) is 36.4 Å². The van der Waals surface area contributed by atoms with Crippen molar-refractivity contribution < 1.29 is 40.6 Å². The molecule has 3 aromatic rings. The van der Waals surface area contributed by atoms with Gasteiger partial charge in [-0.1, -0.05) is 48.5 Å². The van der Waals surface area contributed by atoms with Gasteiger partial charge in [0.05, 0.1) is 24.3 Å². The second-order valence-electron chi connectivity index (χ2n) is 9.68. The molecule has 0 atom stereocenters. The molecule has 1 N–H and O–H groups in total. The van der Waals surface area contributed by atoms with Crippen molar-refractivity contribution in [2.45, 2.75) is 37.2 Å². The van der Waals surface area contributed by atoms with Gasteiger partial charge in [-0.2, -0.15) is 26.3 Å². The molecule has 0 bridgehead atoms. The number of halogens is 6. The van der Waals surface area contributed by atoms with E-state index in [0.29, 0.717) is 43.8 Å². The number of hydrogen-bond acceptors (Lipinski definition) is 4. The van der Waals surface area contributed by atoms with Gasteiger partial charge >= 0.3 is 12.4 Å². The third-order valence-corrected chi connectivity index (χ3v) is 6.80. The molecule has 11 heteroatoms. The molecule has 0 saturated carbocycles. The van der Waals surface area contributed by atoms with Gasteiger partial charge in [-0.05, 0) is 54.3 Å². The minimum Gasteiger partial charge on any atom is -0.484 e. The van der Waals surface area contributed by atoms with E-state index >= 15 is 0 Å². The van der Waals surface area contributed by atoms with Crippen LogP contribution in [0.3, 0.4) is 0 Å². The molecule has 1 saturated heterocycles. The third-order valence-electron chi connectivity index (χ3n) is 6.80. The summed E-state index contributed by atoms with van der Waals surface area (Å²) in [6, 6.07) is 19.8. The zero-order valence-electron chi connectivity index (χ0n) is 21.4. The van der Waals surface area contributed by atoms with Crippen molar-refractivity contribution in [3.63, 3.8) is 0 Å². The second-order valence-corrected chi connectivity index (χ2v) is 9.68. The summed E-state index contributed by atoms with van der Waals surface area (Å²) in [4.78, 5) is 12.4. The summed E-state index contributed by atoms with van der Waals surface area (Å²) in [5, 5.41) is 1.76. The smallest absolute Gasteiger partial charge is 0.416 e. The molecule has 1 amide bonds. The molecule has 4 rings (SSSR count). The van der Waals surface area contributed by atoms with Crippen LogP contribution in [-0.4, -0.2) is 37.2 Å². The number of para-hydroxylation sites is 1. The van der Waals surface area contributed by atoms with Gasteiger partial charge in [0.15, 0.2) is 6.61 Å². The number of rotatable bonds is 9. The number of piperidine rings is 1. The molecule has 5 nitrogen and oxygen atoms in total. The lowest BCUT2D eigenvalue weighted by Gasteiger charge is -2.42. The zero-order valence-corrected chi connectivity index (χ0v) is 21.4. The zero-order chi connectivity index (χ0) is 28.8. The van der Waals surface area contributed by atoms with Crippen LogP contribution < -0.4 is 10.2 Å². The lowest BCUT2D eigenvalue weighted by atomic mass is 9.73. The normalized spacial score (nSPS) is 15.9. The van der Waals surface area contributed by atoms with Crippen molar-refractivity contribution in [1.82, 2.24) is 10.4 Å².